The maximum atomic E-state index is 10.7. The van der Waals surface area contributed by atoms with Crippen molar-refractivity contribution in [2.75, 3.05) is 0 Å². The second-order valence-corrected chi connectivity index (χ2v) is 5.19. The number of nitrogens with zero attached hydrogens (tertiary/aromatic N) is 1. The molecule has 0 N–H and O–H groups in total. The molecule has 0 unspecified atom stereocenters. The minimum absolute atomic E-state index is 0.132. The van der Waals surface area contributed by atoms with Gasteiger partial charge in [-0.2, -0.15) is 0 Å². The van der Waals surface area contributed by atoms with Gasteiger partial charge in [0.15, 0.2) is 0 Å². The molecular formula is C18H15NO2. The van der Waals surface area contributed by atoms with E-state index in [9.17, 15) is 10.1 Å². The predicted molar refractivity (Wildman–Crippen MR) is 84.6 cm³/mol. The highest BCUT2D eigenvalue weighted by atomic mass is 16.6. The lowest BCUT2D eigenvalue weighted by Crippen LogP contribution is -1.92. The minimum atomic E-state index is -0.370. The first kappa shape index (κ1) is 13.3. The van der Waals surface area contributed by atoms with Crippen LogP contribution in [0.3, 0.4) is 0 Å². The molecule has 21 heavy (non-hydrogen) atoms. The quantitative estimate of drug-likeness (QED) is 0.516. The zero-order valence-corrected chi connectivity index (χ0v) is 11.7. The molecular weight excluding hydrogens is 262 g/mol. The van der Waals surface area contributed by atoms with Gasteiger partial charge in [-0.05, 0) is 40.8 Å². The van der Waals surface area contributed by atoms with Crippen molar-refractivity contribution in [3.63, 3.8) is 0 Å². The number of aryl methyl sites for hydroxylation is 1. The molecule has 3 heteroatoms. The number of non-ortho nitro benzene ring substituents is 1. The molecule has 3 aromatic rings. The smallest absolute Gasteiger partial charge is 0.258 e. The molecule has 0 aromatic heterocycles. The van der Waals surface area contributed by atoms with Crippen LogP contribution in [0.25, 0.3) is 10.8 Å². The maximum Gasteiger partial charge on any atom is 0.269 e. The van der Waals surface area contributed by atoms with Gasteiger partial charge in [0.1, 0.15) is 0 Å². The molecule has 0 fully saturated rings. The molecule has 3 rings (SSSR count). The third kappa shape index (κ3) is 2.63. The lowest BCUT2D eigenvalue weighted by molar-refractivity contribution is -0.384. The van der Waals surface area contributed by atoms with E-state index in [4.69, 9.17) is 0 Å². The van der Waals surface area contributed by atoms with Gasteiger partial charge in [0.25, 0.3) is 5.69 Å². The summed E-state index contributed by atoms with van der Waals surface area (Å²) in [7, 11) is 0. The average molecular weight is 277 g/mol. The highest BCUT2D eigenvalue weighted by Gasteiger charge is 2.06. The van der Waals surface area contributed by atoms with Crippen molar-refractivity contribution < 1.29 is 4.92 Å². The van der Waals surface area contributed by atoms with Crippen molar-refractivity contribution in [1.82, 2.24) is 0 Å². The van der Waals surface area contributed by atoms with Crippen molar-refractivity contribution in [3.05, 3.63) is 87.5 Å². The summed E-state index contributed by atoms with van der Waals surface area (Å²) < 4.78 is 0. The fraction of sp³-hybridized carbons (Fsp3) is 0.111. The number of benzene rings is 3. The molecule has 0 aliphatic carbocycles. The largest absolute Gasteiger partial charge is 0.269 e. The van der Waals surface area contributed by atoms with Gasteiger partial charge < -0.3 is 0 Å². The summed E-state index contributed by atoms with van der Waals surface area (Å²) in [5, 5.41) is 13.2. The van der Waals surface area contributed by atoms with Crippen LogP contribution < -0.4 is 0 Å². The Morgan fingerprint density at radius 1 is 0.905 bits per heavy atom. The molecule has 3 aromatic carbocycles. The summed E-state index contributed by atoms with van der Waals surface area (Å²) in [6.07, 6.45) is 0.777. The summed E-state index contributed by atoms with van der Waals surface area (Å²) in [4.78, 5) is 10.3. The molecule has 0 spiro atoms. The first-order valence-electron chi connectivity index (χ1n) is 6.86. The standard InChI is InChI=1S/C18H15NO2/c1-13-4-2-7-18-15(5-3-6-17(13)18)12-14-8-10-16(11-9-14)19(20)21/h2-11H,12H2,1H3. The molecule has 0 saturated heterocycles. The topological polar surface area (TPSA) is 43.1 Å². The highest BCUT2D eigenvalue weighted by Crippen LogP contribution is 2.24. The SMILES string of the molecule is Cc1cccc2c(Cc3ccc([N+](=O)[O-])cc3)cccc12. The van der Waals surface area contributed by atoms with Gasteiger partial charge in [0.2, 0.25) is 0 Å². The van der Waals surface area contributed by atoms with Crippen LogP contribution in [0.2, 0.25) is 0 Å². The summed E-state index contributed by atoms with van der Waals surface area (Å²) >= 11 is 0. The molecule has 0 heterocycles. The molecule has 0 radical (unpaired) electrons. The van der Waals surface area contributed by atoms with Crippen LogP contribution in [-0.4, -0.2) is 4.92 Å². The van der Waals surface area contributed by atoms with Crippen LogP contribution in [-0.2, 0) is 6.42 Å². The van der Waals surface area contributed by atoms with E-state index in [0.717, 1.165) is 12.0 Å². The Morgan fingerprint density at radius 2 is 1.57 bits per heavy atom. The van der Waals surface area contributed by atoms with E-state index in [0.29, 0.717) is 0 Å². The zero-order chi connectivity index (χ0) is 14.8. The molecule has 0 aliphatic heterocycles. The second-order valence-electron chi connectivity index (χ2n) is 5.19. The van der Waals surface area contributed by atoms with Gasteiger partial charge in [-0.15, -0.1) is 0 Å². The lowest BCUT2D eigenvalue weighted by atomic mass is 9.96. The molecule has 0 atom stereocenters. The molecule has 0 saturated carbocycles. The van der Waals surface area contributed by atoms with Crippen LogP contribution in [0.1, 0.15) is 16.7 Å². The van der Waals surface area contributed by atoms with E-state index < -0.39 is 0 Å². The monoisotopic (exact) mass is 277 g/mol. The summed E-state index contributed by atoms with van der Waals surface area (Å²) in [5.41, 5.74) is 3.71. The van der Waals surface area contributed by atoms with E-state index in [2.05, 4.69) is 43.3 Å². The number of fused-ring (bicyclic) bond motifs is 1. The first-order chi connectivity index (χ1) is 10.1. The number of hydrogen-bond acceptors (Lipinski definition) is 2. The highest BCUT2D eigenvalue weighted by molar-refractivity contribution is 5.88. The fourth-order valence-corrected chi connectivity index (χ4v) is 2.64. The maximum absolute atomic E-state index is 10.7. The van der Waals surface area contributed by atoms with Gasteiger partial charge in [0.05, 0.1) is 4.92 Å². The van der Waals surface area contributed by atoms with Gasteiger partial charge in [0, 0.05) is 12.1 Å². The second kappa shape index (κ2) is 5.37. The van der Waals surface area contributed by atoms with E-state index in [1.807, 2.05) is 12.1 Å². The predicted octanol–water partition coefficient (Wildman–Crippen LogP) is 4.65. The first-order valence-corrected chi connectivity index (χ1v) is 6.86. The van der Waals surface area contributed by atoms with Crippen molar-refractivity contribution in [2.24, 2.45) is 0 Å². The lowest BCUT2D eigenvalue weighted by Gasteiger charge is -2.08. The molecule has 0 amide bonds. The molecule has 0 aliphatic rings. The van der Waals surface area contributed by atoms with E-state index >= 15 is 0 Å². The third-order valence-electron chi connectivity index (χ3n) is 3.77. The Labute approximate surface area is 123 Å². The number of hydrogen-bond donors (Lipinski definition) is 0. The zero-order valence-electron chi connectivity index (χ0n) is 11.7. The Bertz CT molecular complexity index is 807. The minimum Gasteiger partial charge on any atom is -0.258 e. The molecule has 3 nitrogen and oxygen atoms in total. The average Bonchev–Trinajstić information content (AvgIpc) is 2.49. The Morgan fingerprint density at radius 3 is 2.29 bits per heavy atom. The van der Waals surface area contributed by atoms with E-state index in [-0.39, 0.29) is 10.6 Å². The Kier molecular flexibility index (Phi) is 3.40. The van der Waals surface area contributed by atoms with Crippen LogP contribution >= 0.6 is 0 Å². The van der Waals surface area contributed by atoms with Crippen LogP contribution in [0.5, 0.6) is 0 Å². The van der Waals surface area contributed by atoms with Crippen LogP contribution in [0.4, 0.5) is 5.69 Å². The third-order valence-corrected chi connectivity index (χ3v) is 3.77. The summed E-state index contributed by atoms with van der Waals surface area (Å²) in [5.74, 6) is 0. The van der Waals surface area contributed by atoms with Crippen LogP contribution in [0, 0.1) is 17.0 Å². The number of nitro groups is 1. The number of rotatable bonds is 3. The molecule has 104 valence electrons. The van der Waals surface area contributed by atoms with E-state index in [1.165, 1.54) is 21.9 Å². The van der Waals surface area contributed by atoms with Crippen molar-refractivity contribution in [2.45, 2.75) is 13.3 Å². The fourth-order valence-electron chi connectivity index (χ4n) is 2.64. The summed E-state index contributed by atoms with van der Waals surface area (Å²) in [6, 6.07) is 19.4. The van der Waals surface area contributed by atoms with Gasteiger partial charge in [-0.1, -0.05) is 48.5 Å². The molecule has 0 bridgehead atoms. The summed E-state index contributed by atoms with van der Waals surface area (Å²) in [6.45, 7) is 2.11. The van der Waals surface area contributed by atoms with Crippen molar-refractivity contribution >= 4 is 16.5 Å². The van der Waals surface area contributed by atoms with Crippen molar-refractivity contribution in [1.29, 1.82) is 0 Å². The van der Waals surface area contributed by atoms with Gasteiger partial charge >= 0.3 is 0 Å². The normalized spacial score (nSPS) is 10.7. The van der Waals surface area contributed by atoms with Gasteiger partial charge in [-0.3, -0.25) is 10.1 Å². The Hall–Kier alpha value is -2.68. The number of nitro benzene ring substituents is 1. The van der Waals surface area contributed by atoms with Gasteiger partial charge in [-0.25, -0.2) is 0 Å². The van der Waals surface area contributed by atoms with Crippen LogP contribution in [0.15, 0.2) is 60.7 Å². The van der Waals surface area contributed by atoms with E-state index in [1.54, 1.807) is 12.1 Å². The van der Waals surface area contributed by atoms with Crippen molar-refractivity contribution in [3.8, 4) is 0 Å². The Balaban J connectivity index is 1.98.